The molecule has 186 valence electrons. The summed E-state index contributed by atoms with van der Waals surface area (Å²) in [6.45, 7) is 8.41. The molecule has 3 nitrogen and oxygen atoms in total. The van der Waals surface area contributed by atoms with Gasteiger partial charge in [-0.05, 0) is 55.0 Å². The molecule has 0 radical (unpaired) electrons. The molecule has 0 spiro atoms. The van der Waals surface area contributed by atoms with Crippen LogP contribution in [0.2, 0.25) is 0 Å². The Morgan fingerprint density at radius 1 is 0.941 bits per heavy atom. The Morgan fingerprint density at radius 2 is 1.53 bits per heavy atom. The first-order valence-electron chi connectivity index (χ1n) is 12.1. The van der Waals surface area contributed by atoms with Crippen LogP contribution in [0.3, 0.4) is 0 Å². The van der Waals surface area contributed by atoms with Gasteiger partial charge in [0.25, 0.3) is 6.43 Å². The highest BCUT2D eigenvalue weighted by Gasteiger charge is 2.13. The summed E-state index contributed by atoms with van der Waals surface area (Å²) in [7, 11) is 3.99. The molecule has 3 aromatic rings. The van der Waals surface area contributed by atoms with Gasteiger partial charge in [0.05, 0.1) is 5.52 Å². The van der Waals surface area contributed by atoms with Crippen molar-refractivity contribution < 1.29 is 13.2 Å². The molecule has 1 heterocycles. The van der Waals surface area contributed by atoms with E-state index in [0.29, 0.717) is 12.0 Å². The van der Waals surface area contributed by atoms with Crippen LogP contribution in [-0.4, -0.2) is 24.1 Å². The summed E-state index contributed by atoms with van der Waals surface area (Å²) in [6.07, 6.45) is 3.81. The van der Waals surface area contributed by atoms with E-state index < -0.39 is 12.2 Å². The molecule has 2 aromatic carbocycles. The second kappa shape index (κ2) is 13.3. The lowest BCUT2D eigenvalue weighted by Crippen LogP contribution is -2.12. The van der Waals surface area contributed by atoms with Crippen molar-refractivity contribution in [1.29, 1.82) is 0 Å². The fraction of sp³-hybridized carbons (Fsp3) is 0.500. The third-order valence-electron chi connectivity index (χ3n) is 6.15. The highest BCUT2D eigenvalue weighted by Crippen LogP contribution is 2.27. The smallest absolute Gasteiger partial charge is 0.264 e. The van der Waals surface area contributed by atoms with Crippen molar-refractivity contribution in [2.75, 3.05) is 19.0 Å². The van der Waals surface area contributed by atoms with E-state index in [2.05, 4.69) is 23.8 Å². The van der Waals surface area contributed by atoms with Gasteiger partial charge in [-0.15, -0.1) is 0 Å². The van der Waals surface area contributed by atoms with E-state index in [-0.39, 0.29) is 5.56 Å². The highest BCUT2D eigenvalue weighted by atomic mass is 19.3. The molecular formula is C28H38F3N3. The largest absolute Gasteiger partial charge is 0.362 e. The van der Waals surface area contributed by atoms with E-state index in [9.17, 15) is 13.2 Å². The molecule has 34 heavy (non-hydrogen) atoms. The average molecular weight is 474 g/mol. The summed E-state index contributed by atoms with van der Waals surface area (Å²) < 4.78 is 37.0. The topological polar surface area (TPSA) is 29.0 Å². The summed E-state index contributed by atoms with van der Waals surface area (Å²) in [6, 6.07) is 11.6. The van der Waals surface area contributed by atoms with Gasteiger partial charge in [-0.3, -0.25) is 0 Å². The van der Waals surface area contributed by atoms with Gasteiger partial charge in [-0.25, -0.2) is 23.1 Å². The number of alkyl halides is 2. The van der Waals surface area contributed by atoms with Crippen LogP contribution in [0, 0.1) is 24.6 Å². The minimum absolute atomic E-state index is 0.197. The van der Waals surface area contributed by atoms with Crippen molar-refractivity contribution in [3.8, 4) is 0 Å². The molecule has 1 saturated carbocycles. The third kappa shape index (κ3) is 8.30. The molecule has 1 aromatic heterocycles. The number of benzene rings is 2. The molecule has 1 aliphatic rings. The number of hydrogen-bond donors (Lipinski definition) is 0. The van der Waals surface area contributed by atoms with E-state index in [0.717, 1.165) is 40.4 Å². The van der Waals surface area contributed by atoms with Crippen LogP contribution in [0.5, 0.6) is 0 Å². The molecule has 0 amide bonds. The van der Waals surface area contributed by atoms with Crippen LogP contribution >= 0.6 is 0 Å². The van der Waals surface area contributed by atoms with Crippen molar-refractivity contribution in [2.24, 2.45) is 11.8 Å². The molecule has 0 aliphatic heterocycles. The fourth-order valence-corrected chi connectivity index (χ4v) is 4.03. The Balaban J connectivity index is 0.000000187. The second-order valence-corrected chi connectivity index (χ2v) is 9.37. The number of para-hydroxylation sites is 1. The van der Waals surface area contributed by atoms with Gasteiger partial charge in [0.1, 0.15) is 17.5 Å². The van der Waals surface area contributed by atoms with Crippen LogP contribution in [0.25, 0.3) is 10.9 Å². The van der Waals surface area contributed by atoms with Crippen molar-refractivity contribution in [1.82, 2.24) is 9.97 Å². The summed E-state index contributed by atoms with van der Waals surface area (Å²) in [5.41, 5.74) is 1.31. The lowest BCUT2D eigenvalue weighted by atomic mass is 9.84. The molecule has 0 unspecified atom stereocenters. The van der Waals surface area contributed by atoms with Crippen molar-refractivity contribution in [3.63, 3.8) is 0 Å². The van der Waals surface area contributed by atoms with Gasteiger partial charge >= 0.3 is 0 Å². The van der Waals surface area contributed by atoms with Gasteiger partial charge in [0, 0.05) is 25.0 Å². The zero-order valence-corrected chi connectivity index (χ0v) is 21.3. The monoisotopic (exact) mass is 473 g/mol. The van der Waals surface area contributed by atoms with E-state index in [4.69, 9.17) is 0 Å². The minimum atomic E-state index is -2.59. The van der Waals surface area contributed by atoms with Crippen LogP contribution in [0.4, 0.5) is 19.0 Å². The summed E-state index contributed by atoms with van der Waals surface area (Å²) >= 11 is 0. The van der Waals surface area contributed by atoms with E-state index in [1.165, 1.54) is 37.8 Å². The summed E-state index contributed by atoms with van der Waals surface area (Å²) in [4.78, 5) is 10.8. The number of halogens is 3. The first-order valence-corrected chi connectivity index (χ1v) is 12.1. The lowest BCUT2D eigenvalue weighted by Gasteiger charge is -2.22. The number of hydrogen-bond acceptors (Lipinski definition) is 3. The Kier molecular flexibility index (Phi) is 10.8. The SMILES string of the molecule is CC1CCC(C)CC1.CCc1ccc(F)cc1C(F)F.Cc1nc(N(C)C)c2ccccc2n1. The summed E-state index contributed by atoms with van der Waals surface area (Å²) in [5, 5.41) is 1.10. The molecule has 0 atom stereocenters. The molecule has 0 N–H and O–H groups in total. The predicted molar refractivity (Wildman–Crippen MR) is 136 cm³/mol. The first kappa shape index (κ1) is 27.6. The molecule has 0 bridgehead atoms. The van der Waals surface area contributed by atoms with Crippen LogP contribution < -0.4 is 4.90 Å². The zero-order chi connectivity index (χ0) is 25.3. The molecule has 1 aliphatic carbocycles. The maximum atomic E-state index is 12.5. The molecule has 0 saturated heterocycles. The quantitative estimate of drug-likeness (QED) is 0.384. The fourth-order valence-electron chi connectivity index (χ4n) is 4.03. The maximum absolute atomic E-state index is 12.5. The normalized spacial score (nSPS) is 17.5. The van der Waals surface area contributed by atoms with Crippen LogP contribution in [0.1, 0.15) is 69.8 Å². The number of nitrogens with zero attached hydrogens (tertiary/aromatic N) is 3. The Hall–Kier alpha value is -2.63. The Morgan fingerprint density at radius 3 is 2.06 bits per heavy atom. The molecule has 4 rings (SSSR count). The zero-order valence-electron chi connectivity index (χ0n) is 21.3. The van der Waals surface area contributed by atoms with E-state index in [1.54, 1.807) is 6.92 Å². The van der Waals surface area contributed by atoms with Gasteiger partial charge in [0.15, 0.2) is 0 Å². The number of fused-ring (bicyclic) bond motifs is 1. The Bertz CT molecular complexity index is 1020. The van der Waals surface area contributed by atoms with Crippen molar-refractivity contribution in [3.05, 3.63) is 65.2 Å². The first-order chi connectivity index (χ1) is 16.1. The van der Waals surface area contributed by atoms with Crippen LogP contribution in [-0.2, 0) is 6.42 Å². The van der Waals surface area contributed by atoms with Gasteiger partial charge in [-0.2, -0.15) is 0 Å². The predicted octanol–water partition coefficient (Wildman–Crippen LogP) is 8.16. The van der Waals surface area contributed by atoms with E-state index in [1.807, 2.05) is 50.2 Å². The van der Waals surface area contributed by atoms with E-state index >= 15 is 0 Å². The molecular weight excluding hydrogens is 435 g/mol. The Labute approximate surface area is 202 Å². The van der Waals surface area contributed by atoms with Gasteiger partial charge < -0.3 is 4.90 Å². The standard InChI is InChI=1S/C11H13N3.C9H9F3.C8H16/c1-8-12-10-7-5-4-6-9(10)11(13-8)14(2)3;1-2-6-3-4-7(10)5-8(6)9(11)12;1-7-3-5-8(2)6-4-7/h4-7H,1-3H3;3-5,9H,2H2,1H3;7-8H,3-6H2,1-2H3. The number of anilines is 1. The van der Waals surface area contributed by atoms with Crippen molar-refractivity contribution >= 4 is 16.7 Å². The minimum Gasteiger partial charge on any atom is -0.362 e. The van der Waals surface area contributed by atoms with Crippen LogP contribution in [0.15, 0.2) is 42.5 Å². The second-order valence-electron chi connectivity index (χ2n) is 9.37. The molecule has 1 fully saturated rings. The highest BCUT2D eigenvalue weighted by molar-refractivity contribution is 5.89. The number of aryl methyl sites for hydroxylation is 2. The number of aromatic nitrogens is 2. The van der Waals surface area contributed by atoms with Crippen molar-refractivity contribution in [2.45, 2.75) is 66.2 Å². The van der Waals surface area contributed by atoms with Gasteiger partial charge in [-0.1, -0.05) is 64.7 Å². The maximum Gasteiger partial charge on any atom is 0.264 e. The number of rotatable bonds is 3. The average Bonchev–Trinajstić information content (AvgIpc) is 2.81. The molecule has 6 heteroatoms. The lowest BCUT2D eigenvalue weighted by molar-refractivity contribution is 0.150. The third-order valence-corrected chi connectivity index (χ3v) is 6.15. The van der Waals surface area contributed by atoms with Gasteiger partial charge in [0.2, 0.25) is 0 Å². The summed E-state index contributed by atoms with van der Waals surface area (Å²) in [5.74, 6) is 3.22.